The van der Waals surface area contributed by atoms with E-state index in [4.69, 9.17) is 12.2 Å². The maximum atomic E-state index is 9.38. The SMILES string of the molecule is C=CCNC(=S)Nc1cnc2ccc(-c3ccc(O)cc3)nc2n1. The number of phenols is 1. The zero-order chi connectivity index (χ0) is 16.9. The second-order valence-electron chi connectivity index (χ2n) is 4.97. The van der Waals surface area contributed by atoms with Crippen LogP contribution in [0.1, 0.15) is 0 Å². The Hall–Kier alpha value is -3.06. The predicted molar refractivity (Wildman–Crippen MR) is 98.9 cm³/mol. The van der Waals surface area contributed by atoms with Crippen LogP contribution < -0.4 is 10.6 Å². The van der Waals surface area contributed by atoms with Gasteiger partial charge in [0.05, 0.1) is 11.9 Å². The quantitative estimate of drug-likeness (QED) is 0.499. The van der Waals surface area contributed by atoms with Gasteiger partial charge >= 0.3 is 0 Å². The first-order valence-electron chi connectivity index (χ1n) is 7.24. The highest BCUT2D eigenvalue weighted by Crippen LogP contribution is 2.22. The van der Waals surface area contributed by atoms with Crippen LogP contribution in [-0.4, -0.2) is 31.7 Å². The standard InChI is InChI=1S/C17H15N5OS/c1-2-9-18-17(24)22-15-10-19-14-8-7-13(20-16(14)21-15)11-3-5-12(23)6-4-11/h2-8,10,23H,1,9H2,(H2,18,20,21,22,24). The zero-order valence-electron chi connectivity index (χ0n) is 12.7. The minimum Gasteiger partial charge on any atom is -0.508 e. The summed E-state index contributed by atoms with van der Waals surface area (Å²) >= 11 is 5.16. The Balaban J connectivity index is 1.89. The number of hydrogen-bond acceptors (Lipinski definition) is 5. The van der Waals surface area contributed by atoms with Crippen molar-refractivity contribution in [3.05, 3.63) is 55.3 Å². The number of nitrogens with zero attached hydrogens (tertiary/aromatic N) is 3. The van der Waals surface area contributed by atoms with Crippen LogP contribution in [0, 0.1) is 0 Å². The van der Waals surface area contributed by atoms with Crippen LogP contribution in [0.2, 0.25) is 0 Å². The van der Waals surface area contributed by atoms with Crippen molar-refractivity contribution in [2.75, 3.05) is 11.9 Å². The van der Waals surface area contributed by atoms with Gasteiger partial charge in [0.1, 0.15) is 11.3 Å². The average Bonchev–Trinajstić information content (AvgIpc) is 2.60. The molecule has 6 nitrogen and oxygen atoms in total. The topological polar surface area (TPSA) is 83.0 Å². The van der Waals surface area contributed by atoms with E-state index in [9.17, 15) is 5.11 Å². The van der Waals surface area contributed by atoms with Crippen molar-refractivity contribution in [3.63, 3.8) is 0 Å². The average molecular weight is 337 g/mol. The summed E-state index contributed by atoms with van der Waals surface area (Å²) in [7, 11) is 0. The number of benzene rings is 1. The van der Waals surface area contributed by atoms with Gasteiger partial charge in [-0.05, 0) is 48.6 Å². The third-order valence-corrected chi connectivity index (χ3v) is 3.46. The van der Waals surface area contributed by atoms with Gasteiger partial charge in [0.15, 0.2) is 16.6 Å². The maximum absolute atomic E-state index is 9.38. The number of pyridine rings is 1. The number of phenolic OH excluding ortho intramolecular Hbond substituents is 1. The molecule has 0 aliphatic rings. The van der Waals surface area contributed by atoms with E-state index in [1.54, 1.807) is 36.5 Å². The summed E-state index contributed by atoms with van der Waals surface area (Å²) in [6.45, 7) is 4.19. The molecule has 0 saturated heterocycles. The molecule has 0 radical (unpaired) electrons. The molecule has 2 aromatic heterocycles. The molecule has 1 aromatic carbocycles. The fourth-order valence-electron chi connectivity index (χ4n) is 2.08. The Bertz CT molecular complexity index is 895. The van der Waals surface area contributed by atoms with Gasteiger partial charge in [0.25, 0.3) is 0 Å². The Morgan fingerprint density at radius 2 is 1.96 bits per heavy atom. The number of aromatic nitrogens is 3. The lowest BCUT2D eigenvalue weighted by Gasteiger charge is -2.08. The van der Waals surface area contributed by atoms with Gasteiger partial charge in [0, 0.05) is 12.1 Å². The Labute approximate surface area is 144 Å². The fourth-order valence-corrected chi connectivity index (χ4v) is 2.26. The fraction of sp³-hybridized carbons (Fsp3) is 0.0588. The summed E-state index contributed by atoms with van der Waals surface area (Å²) in [5.74, 6) is 0.728. The van der Waals surface area contributed by atoms with Crippen molar-refractivity contribution in [2.24, 2.45) is 0 Å². The monoisotopic (exact) mass is 337 g/mol. The van der Waals surface area contributed by atoms with Crippen LogP contribution in [0.15, 0.2) is 55.3 Å². The molecule has 120 valence electrons. The van der Waals surface area contributed by atoms with Crippen molar-refractivity contribution in [1.29, 1.82) is 0 Å². The minimum absolute atomic E-state index is 0.214. The van der Waals surface area contributed by atoms with Crippen molar-refractivity contribution in [2.45, 2.75) is 0 Å². The number of fused-ring (bicyclic) bond motifs is 1. The lowest BCUT2D eigenvalue weighted by atomic mass is 10.1. The Kier molecular flexibility index (Phi) is 4.62. The third kappa shape index (κ3) is 3.64. The first-order chi connectivity index (χ1) is 11.7. The molecular weight excluding hydrogens is 322 g/mol. The van der Waals surface area contributed by atoms with Crippen molar-refractivity contribution < 1.29 is 5.11 Å². The van der Waals surface area contributed by atoms with Gasteiger partial charge in [-0.25, -0.2) is 15.0 Å². The summed E-state index contributed by atoms with van der Waals surface area (Å²) in [5.41, 5.74) is 2.84. The highest BCUT2D eigenvalue weighted by Gasteiger charge is 2.06. The zero-order valence-corrected chi connectivity index (χ0v) is 13.5. The third-order valence-electron chi connectivity index (χ3n) is 3.22. The molecule has 3 aromatic rings. The molecule has 3 N–H and O–H groups in total. The highest BCUT2D eigenvalue weighted by molar-refractivity contribution is 7.80. The van der Waals surface area contributed by atoms with Gasteiger partial charge < -0.3 is 15.7 Å². The lowest BCUT2D eigenvalue weighted by molar-refractivity contribution is 0.475. The number of aromatic hydroxyl groups is 1. The minimum atomic E-state index is 0.214. The lowest BCUT2D eigenvalue weighted by Crippen LogP contribution is -2.28. The van der Waals surface area contributed by atoms with Crippen LogP contribution >= 0.6 is 12.2 Å². The molecule has 7 heteroatoms. The van der Waals surface area contributed by atoms with E-state index in [-0.39, 0.29) is 5.75 Å². The van der Waals surface area contributed by atoms with Gasteiger partial charge in [0.2, 0.25) is 0 Å². The molecule has 2 heterocycles. The largest absolute Gasteiger partial charge is 0.508 e. The smallest absolute Gasteiger partial charge is 0.180 e. The summed E-state index contributed by atoms with van der Waals surface area (Å²) in [6, 6.07) is 10.6. The van der Waals surface area contributed by atoms with Crippen LogP contribution in [0.5, 0.6) is 5.75 Å². The van der Waals surface area contributed by atoms with E-state index in [1.807, 2.05) is 12.1 Å². The number of rotatable bonds is 4. The number of thiocarbonyl (C=S) groups is 1. The second kappa shape index (κ2) is 7.01. The van der Waals surface area contributed by atoms with Crippen molar-refractivity contribution in [1.82, 2.24) is 20.3 Å². The molecule has 0 spiro atoms. The van der Waals surface area contributed by atoms with E-state index < -0.39 is 0 Å². The van der Waals surface area contributed by atoms with Crippen LogP contribution in [0.3, 0.4) is 0 Å². The van der Waals surface area contributed by atoms with E-state index in [2.05, 4.69) is 32.2 Å². The molecule has 0 bridgehead atoms. The summed E-state index contributed by atoms with van der Waals surface area (Å²) in [6.07, 6.45) is 3.32. The van der Waals surface area contributed by atoms with Gasteiger partial charge in [-0.15, -0.1) is 6.58 Å². The number of anilines is 1. The highest BCUT2D eigenvalue weighted by atomic mass is 32.1. The molecule has 0 aliphatic carbocycles. The molecule has 0 saturated carbocycles. The van der Waals surface area contributed by atoms with E-state index in [1.165, 1.54) is 0 Å². The molecule has 3 rings (SSSR count). The normalized spacial score (nSPS) is 10.3. The van der Waals surface area contributed by atoms with E-state index in [0.29, 0.717) is 28.6 Å². The molecular formula is C17H15N5OS. The predicted octanol–water partition coefficient (Wildman–Crippen LogP) is 2.87. The van der Waals surface area contributed by atoms with Gasteiger partial charge in [-0.1, -0.05) is 6.08 Å². The van der Waals surface area contributed by atoms with E-state index in [0.717, 1.165) is 11.3 Å². The molecule has 0 amide bonds. The van der Waals surface area contributed by atoms with Crippen LogP contribution in [-0.2, 0) is 0 Å². The Morgan fingerprint density at radius 3 is 2.71 bits per heavy atom. The van der Waals surface area contributed by atoms with E-state index >= 15 is 0 Å². The maximum Gasteiger partial charge on any atom is 0.180 e. The first-order valence-corrected chi connectivity index (χ1v) is 7.65. The summed E-state index contributed by atoms with van der Waals surface area (Å²) in [4.78, 5) is 13.3. The van der Waals surface area contributed by atoms with Gasteiger partial charge in [-0.2, -0.15) is 0 Å². The Morgan fingerprint density at radius 1 is 1.17 bits per heavy atom. The molecule has 0 atom stereocenters. The number of nitrogens with one attached hydrogen (secondary N) is 2. The van der Waals surface area contributed by atoms with Crippen molar-refractivity contribution in [3.8, 4) is 17.0 Å². The summed E-state index contributed by atoms with van der Waals surface area (Å²) in [5, 5.41) is 15.7. The second-order valence-corrected chi connectivity index (χ2v) is 5.37. The van der Waals surface area contributed by atoms with Crippen molar-refractivity contribution >= 4 is 34.3 Å². The number of hydrogen-bond donors (Lipinski definition) is 3. The first kappa shape index (κ1) is 15.8. The van der Waals surface area contributed by atoms with Crippen LogP contribution in [0.25, 0.3) is 22.4 Å². The summed E-state index contributed by atoms with van der Waals surface area (Å²) < 4.78 is 0. The van der Waals surface area contributed by atoms with Crippen LogP contribution in [0.4, 0.5) is 5.82 Å². The molecule has 0 fully saturated rings. The molecule has 24 heavy (non-hydrogen) atoms. The molecule has 0 aliphatic heterocycles. The van der Waals surface area contributed by atoms with Gasteiger partial charge in [-0.3, -0.25) is 0 Å². The molecule has 0 unspecified atom stereocenters.